The number of rotatable bonds is 12. The average molecular weight is 840 g/mol. The fraction of sp³-hybridized carbons (Fsp3) is 0.0526. The lowest BCUT2D eigenvalue weighted by Gasteiger charge is -2.26. The minimum absolute atomic E-state index is 0.0804. The molecule has 7 heteroatoms. The van der Waals surface area contributed by atoms with Crippen LogP contribution in [0.2, 0.25) is 0 Å². The maximum absolute atomic E-state index is 10.0. The highest BCUT2D eigenvalue weighted by molar-refractivity contribution is 5.82. The Morgan fingerprint density at radius 3 is 0.609 bits per heavy atom. The Bertz CT molecular complexity index is 2700. The molecule has 9 aromatic rings. The van der Waals surface area contributed by atoms with E-state index in [1.54, 1.807) is 36.4 Å². The van der Waals surface area contributed by atoms with Crippen LogP contribution in [0.25, 0.3) is 66.8 Å². The molecule has 0 aromatic heterocycles. The van der Waals surface area contributed by atoms with Gasteiger partial charge in [-0.05, 0) is 140 Å². The Morgan fingerprint density at radius 1 is 0.234 bits per heavy atom. The zero-order valence-electron chi connectivity index (χ0n) is 34.8. The van der Waals surface area contributed by atoms with Gasteiger partial charge < -0.3 is 35.5 Å². The molecular formula is C57H45NO6. The van der Waals surface area contributed by atoms with Crippen LogP contribution in [-0.2, 0) is 19.8 Å². The van der Waals surface area contributed by atoms with Gasteiger partial charge in [0.15, 0.2) is 0 Å². The van der Waals surface area contributed by atoms with Gasteiger partial charge in [0, 0.05) is 33.8 Å². The molecule has 9 aromatic carbocycles. The van der Waals surface area contributed by atoms with Crippen molar-refractivity contribution in [3.05, 3.63) is 217 Å². The molecule has 6 N–H and O–H groups in total. The van der Waals surface area contributed by atoms with Gasteiger partial charge >= 0.3 is 0 Å². The molecule has 314 valence electrons. The van der Waals surface area contributed by atoms with E-state index in [-0.39, 0.29) is 37.1 Å². The highest BCUT2D eigenvalue weighted by Gasteiger charge is 2.15. The molecular weight excluding hydrogens is 795 g/mol. The van der Waals surface area contributed by atoms with Gasteiger partial charge in [0.25, 0.3) is 0 Å². The van der Waals surface area contributed by atoms with E-state index < -0.39 is 0 Å². The summed E-state index contributed by atoms with van der Waals surface area (Å²) in [5.41, 5.74) is 16.5. The van der Waals surface area contributed by atoms with Crippen molar-refractivity contribution >= 4 is 17.1 Å². The van der Waals surface area contributed by atoms with Crippen molar-refractivity contribution < 1.29 is 30.6 Å². The number of hydrogen-bond acceptors (Lipinski definition) is 7. The van der Waals surface area contributed by atoms with E-state index in [1.807, 2.05) is 54.6 Å². The van der Waals surface area contributed by atoms with Gasteiger partial charge in [-0.15, -0.1) is 0 Å². The Balaban J connectivity index is 1.00. The zero-order valence-corrected chi connectivity index (χ0v) is 34.8. The van der Waals surface area contributed by atoms with E-state index in [4.69, 9.17) is 0 Å². The van der Waals surface area contributed by atoms with Crippen LogP contribution in [0.4, 0.5) is 17.1 Å². The van der Waals surface area contributed by atoms with Crippen molar-refractivity contribution in [3.63, 3.8) is 0 Å². The molecule has 0 radical (unpaired) electrons. The fourth-order valence-corrected chi connectivity index (χ4v) is 8.10. The van der Waals surface area contributed by atoms with Crippen LogP contribution in [0, 0.1) is 0 Å². The Kier molecular flexibility index (Phi) is 11.8. The molecule has 0 fully saturated rings. The summed E-state index contributed by atoms with van der Waals surface area (Å²) in [5.74, 6) is 0.241. The molecule has 0 spiro atoms. The van der Waals surface area contributed by atoms with Gasteiger partial charge in [-0.2, -0.15) is 0 Å². The van der Waals surface area contributed by atoms with Gasteiger partial charge in [-0.25, -0.2) is 0 Å². The number of benzene rings is 9. The molecule has 0 aliphatic carbocycles. The predicted molar refractivity (Wildman–Crippen MR) is 257 cm³/mol. The van der Waals surface area contributed by atoms with E-state index in [9.17, 15) is 30.6 Å². The lowest BCUT2D eigenvalue weighted by molar-refractivity contribution is 0.275. The number of anilines is 3. The molecule has 0 heterocycles. The molecule has 0 aliphatic heterocycles. The van der Waals surface area contributed by atoms with Crippen molar-refractivity contribution in [1.29, 1.82) is 0 Å². The number of nitrogens with zero attached hydrogens (tertiary/aromatic N) is 1. The first-order chi connectivity index (χ1) is 31.3. The summed E-state index contributed by atoms with van der Waals surface area (Å²) >= 11 is 0. The first kappa shape index (κ1) is 41.4. The molecule has 7 nitrogen and oxygen atoms in total. The number of aromatic hydroxyl groups is 3. The Hall–Kier alpha value is -7.94. The van der Waals surface area contributed by atoms with Crippen molar-refractivity contribution in [3.8, 4) is 84.0 Å². The van der Waals surface area contributed by atoms with E-state index in [1.165, 1.54) is 0 Å². The molecule has 0 unspecified atom stereocenters. The third-order valence-electron chi connectivity index (χ3n) is 11.8. The normalized spacial score (nSPS) is 11.1. The summed E-state index contributed by atoms with van der Waals surface area (Å²) in [7, 11) is 0. The van der Waals surface area contributed by atoms with Gasteiger partial charge in [-0.3, -0.25) is 0 Å². The van der Waals surface area contributed by atoms with E-state index in [0.717, 1.165) is 83.8 Å². The quantitative estimate of drug-likeness (QED) is 0.0724. The second-order valence-corrected chi connectivity index (χ2v) is 15.7. The highest BCUT2D eigenvalue weighted by atomic mass is 16.3. The Morgan fingerprint density at radius 2 is 0.406 bits per heavy atom. The smallest absolute Gasteiger partial charge is 0.121 e. The maximum atomic E-state index is 10.0. The molecule has 0 saturated carbocycles. The van der Waals surface area contributed by atoms with Crippen molar-refractivity contribution in [1.82, 2.24) is 0 Å². The van der Waals surface area contributed by atoms with Crippen LogP contribution in [-0.4, -0.2) is 30.6 Å². The second-order valence-electron chi connectivity index (χ2n) is 15.7. The number of phenols is 3. The number of hydrogen-bond donors (Lipinski definition) is 6. The minimum atomic E-state index is -0.231. The summed E-state index contributed by atoms with van der Waals surface area (Å²) < 4.78 is 0. The minimum Gasteiger partial charge on any atom is -0.508 e. The van der Waals surface area contributed by atoms with E-state index >= 15 is 0 Å². The van der Waals surface area contributed by atoms with Gasteiger partial charge in [0.2, 0.25) is 0 Å². The summed E-state index contributed by atoms with van der Waals surface area (Å²) in [6.07, 6.45) is 0. The third-order valence-corrected chi connectivity index (χ3v) is 11.8. The van der Waals surface area contributed by atoms with Gasteiger partial charge in [-0.1, -0.05) is 127 Å². The standard InChI is InChI=1S/C57H45NO6/c59-34-49-31-46(19-28-55(49)62)43-7-1-37(2-8-43)40-13-22-52(23-14-40)58(53-24-15-41(16-25-53)38-3-9-44(10-4-38)47-20-29-56(63)50(32-47)35-60)54-26-17-42(18-27-54)39-5-11-45(12-6-39)48-21-30-57(64)51(33-48)36-61/h1-33,59-64H,34-36H2. The zero-order chi connectivity index (χ0) is 44.2. The van der Waals surface area contributed by atoms with E-state index in [0.29, 0.717) is 16.7 Å². The lowest BCUT2D eigenvalue weighted by atomic mass is 9.98. The second kappa shape index (κ2) is 18.2. The molecule has 0 saturated heterocycles. The predicted octanol–water partition coefficient (Wildman–Crippen LogP) is 12.8. The largest absolute Gasteiger partial charge is 0.508 e. The SMILES string of the molecule is OCc1cc(-c2ccc(-c3ccc(N(c4ccc(-c5ccc(-c6ccc(O)c(CO)c6)cc5)cc4)c4ccc(-c5ccc(-c6ccc(O)c(CO)c6)cc5)cc4)cc3)cc2)ccc1O. The van der Waals surface area contributed by atoms with Crippen LogP contribution in [0.15, 0.2) is 200 Å². The Labute approximate surface area is 372 Å². The maximum Gasteiger partial charge on any atom is 0.121 e. The third kappa shape index (κ3) is 8.60. The number of aliphatic hydroxyl groups excluding tert-OH is 3. The monoisotopic (exact) mass is 839 g/mol. The van der Waals surface area contributed by atoms with Crippen molar-refractivity contribution in [2.45, 2.75) is 19.8 Å². The summed E-state index contributed by atoms with van der Waals surface area (Å²) in [6.45, 7) is -0.694. The average Bonchev–Trinajstić information content (AvgIpc) is 3.35. The van der Waals surface area contributed by atoms with Gasteiger partial charge in [0.1, 0.15) is 17.2 Å². The lowest BCUT2D eigenvalue weighted by Crippen LogP contribution is -2.09. The van der Waals surface area contributed by atoms with Crippen LogP contribution < -0.4 is 4.90 Å². The molecule has 0 amide bonds. The van der Waals surface area contributed by atoms with Crippen molar-refractivity contribution in [2.75, 3.05) is 4.90 Å². The van der Waals surface area contributed by atoms with Crippen LogP contribution in [0.3, 0.4) is 0 Å². The molecule has 0 atom stereocenters. The summed E-state index contributed by atoms with van der Waals surface area (Å²) in [6, 6.07) is 66.1. The first-order valence-electron chi connectivity index (χ1n) is 21.0. The summed E-state index contributed by atoms with van der Waals surface area (Å²) in [5, 5.41) is 59.0. The van der Waals surface area contributed by atoms with Crippen LogP contribution in [0.1, 0.15) is 16.7 Å². The molecule has 9 rings (SSSR count). The first-order valence-corrected chi connectivity index (χ1v) is 21.0. The van der Waals surface area contributed by atoms with Crippen LogP contribution >= 0.6 is 0 Å². The van der Waals surface area contributed by atoms with Crippen molar-refractivity contribution in [2.24, 2.45) is 0 Å². The fourth-order valence-electron chi connectivity index (χ4n) is 8.10. The molecule has 0 aliphatic rings. The van der Waals surface area contributed by atoms with Gasteiger partial charge in [0.05, 0.1) is 19.8 Å². The van der Waals surface area contributed by atoms with E-state index in [2.05, 4.69) is 114 Å². The summed E-state index contributed by atoms with van der Waals surface area (Å²) in [4.78, 5) is 2.24. The topological polar surface area (TPSA) is 125 Å². The highest BCUT2D eigenvalue weighted by Crippen LogP contribution is 2.39. The number of aliphatic hydroxyl groups is 3. The molecule has 64 heavy (non-hydrogen) atoms. The van der Waals surface area contributed by atoms with Crippen LogP contribution in [0.5, 0.6) is 17.2 Å². The molecule has 0 bridgehead atoms.